The number of carbonyl (C=O) groups excluding carboxylic acids is 1. The van der Waals surface area contributed by atoms with Gasteiger partial charge >= 0.3 is 0 Å². The topological polar surface area (TPSA) is 75.7 Å². The summed E-state index contributed by atoms with van der Waals surface area (Å²) in [5, 5.41) is 3.15. The van der Waals surface area contributed by atoms with Crippen molar-refractivity contribution < 1.29 is 17.9 Å². The highest BCUT2D eigenvalue weighted by molar-refractivity contribution is 7.88. The van der Waals surface area contributed by atoms with Gasteiger partial charge in [-0.3, -0.25) is 4.79 Å². The first kappa shape index (κ1) is 23.0. The monoisotopic (exact) mass is 456 g/mol. The van der Waals surface area contributed by atoms with Gasteiger partial charge in [0.15, 0.2) is 0 Å². The molecule has 7 heteroatoms. The van der Waals surface area contributed by atoms with Crippen molar-refractivity contribution in [3.63, 3.8) is 0 Å². The largest absolute Gasteiger partial charge is 0.379 e. The van der Waals surface area contributed by atoms with Crippen LogP contribution in [-0.4, -0.2) is 44.9 Å². The van der Waals surface area contributed by atoms with E-state index in [4.69, 9.17) is 4.74 Å². The van der Waals surface area contributed by atoms with Gasteiger partial charge in [0, 0.05) is 18.7 Å². The lowest BCUT2D eigenvalue weighted by Crippen LogP contribution is -2.41. The fraction of sp³-hybridized carbons (Fsp3) is 0.480. The third-order valence-electron chi connectivity index (χ3n) is 6.42. The fourth-order valence-electron chi connectivity index (χ4n) is 4.51. The Hall–Kier alpha value is -2.22. The van der Waals surface area contributed by atoms with Crippen LogP contribution in [0.15, 0.2) is 42.5 Å². The van der Waals surface area contributed by atoms with E-state index in [0.29, 0.717) is 37.4 Å². The van der Waals surface area contributed by atoms with E-state index >= 15 is 0 Å². The number of amides is 1. The summed E-state index contributed by atoms with van der Waals surface area (Å²) in [6.07, 6.45) is 5.55. The maximum absolute atomic E-state index is 12.9. The standard InChI is InChI=1S/C25H32N2O4S/c1-2-24(23-12-11-20-5-3-4-6-22(20)17-23)26-25(28)21-9-7-19(8-10-21)18-32(29,30)27-13-15-31-16-14-27/h7-12,17,24H,2-6,13-16,18H2,1H3,(H,26,28). The molecular formula is C25H32N2O4S. The van der Waals surface area contributed by atoms with Crippen molar-refractivity contribution >= 4 is 15.9 Å². The summed E-state index contributed by atoms with van der Waals surface area (Å²) in [7, 11) is -3.38. The van der Waals surface area contributed by atoms with E-state index in [-0.39, 0.29) is 17.7 Å². The Kier molecular flexibility index (Phi) is 7.28. The molecule has 1 N–H and O–H groups in total. The Morgan fingerprint density at radius 1 is 1.03 bits per heavy atom. The maximum atomic E-state index is 12.9. The number of carbonyl (C=O) groups is 1. The fourth-order valence-corrected chi connectivity index (χ4v) is 6.01. The highest BCUT2D eigenvalue weighted by Gasteiger charge is 2.24. The molecule has 1 aliphatic carbocycles. The van der Waals surface area contributed by atoms with Crippen LogP contribution in [0.5, 0.6) is 0 Å². The Balaban J connectivity index is 1.40. The lowest BCUT2D eigenvalue weighted by molar-refractivity contribution is 0.0729. The summed E-state index contributed by atoms with van der Waals surface area (Å²) < 4.78 is 31.9. The number of morpholine rings is 1. The number of nitrogens with one attached hydrogen (secondary N) is 1. The zero-order chi connectivity index (χ0) is 22.6. The molecule has 1 fully saturated rings. The molecule has 0 radical (unpaired) electrons. The van der Waals surface area contributed by atoms with Gasteiger partial charge in [-0.05, 0) is 66.5 Å². The maximum Gasteiger partial charge on any atom is 0.251 e. The predicted molar refractivity (Wildman–Crippen MR) is 125 cm³/mol. The number of ether oxygens (including phenoxy) is 1. The van der Waals surface area contributed by atoms with Crippen molar-refractivity contribution in [1.29, 1.82) is 0 Å². The molecule has 172 valence electrons. The zero-order valence-corrected chi connectivity index (χ0v) is 19.5. The first-order valence-corrected chi connectivity index (χ1v) is 13.1. The normalized spacial score (nSPS) is 18.0. The summed E-state index contributed by atoms with van der Waals surface area (Å²) in [6.45, 7) is 3.72. The third-order valence-corrected chi connectivity index (χ3v) is 8.27. The van der Waals surface area contributed by atoms with Gasteiger partial charge in [-0.25, -0.2) is 8.42 Å². The van der Waals surface area contributed by atoms with Crippen LogP contribution in [0.4, 0.5) is 0 Å². The predicted octanol–water partition coefficient (Wildman–Crippen LogP) is 3.61. The molecule has 1 atom stereocenters. The second-order valence-electron chi connectivity index (χ2n) is 8.63. The summed E-state index contributed by atoms with van der Waals surface area (Å²) in [5.74, 6) is -0.209. The van der Waals surface area contributed by atoms with Gasteiger partial charge in [0.1, 0.15) is 0 Å². The molecule has 2 aromatic rings. The molecule has 1 aliphatic heterocycles. The van der Waals surface area contributed by atoms with Crippen LogP contribution >= 0.6 is 0 Å². The first-order chi connectivity index (χ1) is 15.5. The minimum absolute atomic E-state index is 0.0453. The van der Waals surface area contributed by atoms with Crippen LogP contribution in [0.3, 0.4) is 0 Å². The molecule has 1 amide bonds. The molecule has 2 aromatic carbocycles. The van der Waals surface area contributed by atoms with E-state index in [1.165, 1.54) is 28.3 Å². The minimum Gasteiger partial charge on any atom is -0.379 e. The average Bonchev–Trinajstić information content (AvgIpc) is 2.83. The molecule has 4 rings (SSSR count). The molecule has 0 bridgehead atoms. The Morgan fingerprint density at radius 3 is 2.41 bits per heavy atom. The molecule has 0 spiro atoms. The smallest absolute Gasteiger partial charge is 0.251 e. The van der Waals surface area contributed by atoms with E-state index in [0.717, 1.165) is 24.8 Å². The molecule has 6 nitrogen and oxygen atoms in total. The number of hydrogen-bond acceptors (Lipinski definition) is 4. The number of hydrogen-bond donors (Lipinski definition) is 1. The SMILES string of the molecule is CCC(NC(=O)c1ccc(CS(=O)(=O)N2CCOCC2)cc1)c1ccc2c(c1)CCCC2. The summed E-state index contributed by atoms with van der Waals surface area (Å²) in [6, 6.07) is 13.4. The lowest BCUT2D eigenvalue weighted by Gasteiger charge is -2.26. The van der Waals surface area contributed by atoms with Gasteiger partial charge in [0.25, 0.3) is 5.91 Å². The van der Waals surface area contributed by atoms with E-state index in [2.05, 4.69) is 30.4 Å². The molecule has 32 heavy (non-hydrogen) atoms. The molecule has 0 saturated carbocycles. The van der Waals surface area contributed by atoms with E-state index in [1.807, 2.05) is 0 Å². The van der Waals surface area contributed by atoms with Gasteiger partial charge in [0.2, 0.25) is 10.0 Å². The van der Waals surface area contributed by atoms with Crippen molar-refractivity contribution in [2.24, 2.45) is 0 Å². The van der Waals surface area contributed by atoms with E-state index < -0.39 is 10.0 Å². The minimum atomic E-state index is -3.38. The van der Waals surface area contributed by atoms with Crippen LogP contribution < -0.4 is 5.32 Å². The molecule has 2 aliphatic rings. The van der Waals surface area contributed by atoms with Crippen molar-refractivity contribution in [1.82, 2.24) is 9.62 Å². The average molecular weight is 457 g/mol. The summed E-state index contributed by atoms with van der Waals surface area (Å²) in [5.41, 5.74) is 5.20. The first-order valence-electron chi connectivity index (χ1n) is 11.5. The number of rotatable bonds is 7. The van der Waals surface area contributed by atoms with Gasteiger partial charge in [-0.15, -0.1) is 0 Å². The number of sulfonamides is 1. The molecule has 1 unspecified atom stereocenters. The number of aryl methyl sites for hydroxylation is 2. The molecule has 1 heterocycles. The number of fused-ring (bicyclic) bond motifs is 1. The highest BCUT2D eigenvalue weighted by Crippen LogP contribution is 2.26. The van der Waals surface area contributed by atoms with Crippen LogP contribution in [0.2, 0.25) is 0 Å². The van der Waals surface area contributed by atoms with Crippen LogP contribution in [0.1, 0.15) is 64.8 Å². The second kappa shape index (κ2) is 10.1. The Bertz CT molecular complexity index is 1040. The van der Waals surface area contributed by atoms with Crippen molar-refractivity contribution in [2.45, 2.75) is 50.8 Å². The van der Waals surface area contributed by atoms with Gasteiger partial charge in [-0.1, -0.05) is 37.3 Å². The van der Waals surface area contributed by atoms with Gasteiger partial charge in [-0.2, -0.15) is 4.31 Å². The zero-order valence-electron chi connectivity index (χ0n) is 18.7. The van der Waals surface area contributed by atoms with Gasteiger partial charge in [0.05, 0.1) is 25.0 Å². The Morgan fingerprint density at radius 2 is 1.72 bits per heavy atom. The van der Waals surface area contributed by atoms with Crippen LogP contribution in [-0.2, 0) is 33.4 Å². The van der Waals surface area contributed by atoms with Crippen molar-refractivity contribution in [3.05, 3.63) is 70.3 Å². The molecule has 1 saturated heterocycles. The highest BCUT2D eigenvalue weighted by atomic mass is 32.2. The summed E-state index contributed by atoms with van der Waals surface area (Å²) in [4.78, 5) is 12.9. The van der Waals surface area contributed by atoms with E-state index in [9.17, 15) is 13.2 Å². The number of benzene rings is 2. The van der Waals surface area contributed by atoms with Crippen LogP contribution in [0, 0.1) is 0 Å². The lowest BCUT2D eigenvalue weighted by atomic mass is 9.88. The molecular weight excluding hydrogens is 424 g/mol. The number of nitrogens with zero attached hydrogens (tertiary/aromatic N) is 1. The second-order valence-corrected chi connectivity index (χ2v) is 10.6. The summed E-state index contributed by atoms with van der Waals surface area (Å²) >= 11 is 0. The van der Waals surface area contributed by atoms with Crippen molar-refractivity contribution in [2.75, 3.05) is 26.3 Å². The third kappa shape index (κ3) is 5.39. The quantitative estimate of drug-likeness (QED) is 0.691. The van der Waals surface area contributed by atoms with E-state index in [1.54, 1.807) is 24.3 Å². The van der Waals surface area contributed by atoms with Gasteiger partial charge < -0.3 is 10.1 Å². The van der Waals surface area contributed by atoms with Crippen molar-refractivity contribution in [3.8, 4) is 0 Å². The van der Waals surface area contributed by atoms with Crippen LogP contribution in [0.25, 0.3) is 0 Å². The molecule has 0 aromatic heterocycles. The Labute approximate surface area is 191 Å².